The van der Waals surface area contributed by atoms with Crippen LogP contribution < -0.4 is 10.1 Å². The van der Waals surface area contributed by atoms with E-state index in [1.165, 1.54) is 16.7 Å². The summed E-state index contributed by atoms with van der Waals surface area (Å²) in [6.45, 7) is 0.575. The van der Waals surface area contributed by atoms with Gasteiger partial charge in [-0.2, -0.15) is 0 Å². The van der Waals surface area contributed by atoms with Crippen molar-refractivity contribution in [2.24, 2.45) is 0 Å². The number of hydrogen-bond acceptors (Lipinski definition) is 5. The number of nitrogens with zero attached hydrogens (tertiary/aromatic N) is 3. The van der Waals surface area contributed by atoms with Crippen molar-refractivity contribution in [2.45, 2.75) is 12.1 Å². The molecule has 0 amide bonds. The van der Waals surface area contributed by atoms with Crippen molar-refractivity contribution in [3.05, 3.63) is 144 Å². The fourth-order valence-electron chi connectivity index (χ4n) is 4.98. The number of rotatable bonds is 8. The van der Waals surface area contributed by atoms with Gasteiger partial charge in [-0.05, 0) is 34.9 Å². The monoisotopic (exact) mass is 502 g/mol. The molecule has 0 aliphatic carbocycles. The van der Waals surface area contributed by atoms with Crippen molar-refractivity contribution in [3.8, 4) is 5.75 Å². The molecule has 0 saturated carbocycles. The highest BCUT2D eigenvalue weighted by molar-refractivity contribution is 7.22. The number of benzene rings is 4. The highest BCUT2D eigenvalue weighted by atomic mass is 32.1. The Morgan fingerprint density at radius 2 is 1.41 bits per heavy atom. The van der Waals surface area contributed by atoms with Crippen LogP contribution in [-0.4, -0.2) is 21.6 Å². The van der Waals surface area contributed by atoms with Gasteiger partial charge in [-0.3, -0.25) is 0 Å². The Morgan fingerprint density at radius 3 is 1.97 bits per heavy atom. The van der Waals surface area contributed by atoms with Crippen LogP contribution in [0.5, 0.6) is 5.75 Å². The summed E-state index contributed by atoms with van der Waals surface area (Å²) >= 11 is 1.62. The summed E-state index contributed by atoms with van der Waals surface area (Å²) in [5, 5.41) is 4.41. The van der Waals surface area contributed by atoms with Crippen LogP contribution in [0.4, 0.5) is 5.13 Å². The van der Waals surface area contributed by atoms with E-state index in [4.69, 9.17) is 9.72 Å². The number of hydrogen-bond donors (Lipinski definition) is 1. The van der Waals surface area contributed by atoms with Gasteiger partial charge in [0.25, 0.3) is 0 Å². The molecule has 2 heterocycles. The molecule has 0 aliphatic heterocycles. The second-order valence-electron chi connectivity index (χ2n) is 8.77. The molecule has 0 unspecified atom stereocenters. The number of methoxy groups -OCH3 is 1. The summed E-state index contributed by atoms with van der Waals surface area (Å²) in [5.41, 5.74) is 4.90. The van der Waals surface area contributed by atoms with Crippen LogP contribution in [0.2, 0.25) is 0 Å². The molecule has 37 heavy (non-hydrogen) atoms. The molecule has 0 radical (unpaired) electrons. The molecule has 6 rings (SSSR count). The minimum Gasteiger partial charge on any atom is -0.497 e. The average Bonchev–Trinajstić information content (AvgIpc) is 3.61. The highest BCUT2D eigenvalue weighted by Crippen LogP contribution is 2.41. The molecular formula is C31H26N4OS. The van der Waals surface area contributed by atoms with E-state index in [2.05, 4.69) is 106 Å². The Labute approximate surface area is 220 Å². The third-order valence-electron chi connectivity index (χ3n) is 6.67. The minimum absolute atomic E-state index is 0.575. The predicted octanol–water partition coefficient (Wildman–Crippen LogP) is 6.95. The summed E-state index contributed by atoms with van der Waals surface area (Å²) in [6, 6.07) is 37.9. The third-order valence-corrected chi connectivity index (χ3v) is 7.64. The largest absolute Gasteiger partial charge is 0.497 e. The van der Waals surface area contributed by atoms with E-state index in [0.29, 0.717) is 6.54 Å². The van der Waals surface area contributed by atoms with Crippen molar-refractivity contribution in [1.82, 2.24) is 14.5 Å². The Hall–Kier alpha value is -4.42. The maximum absolute atomic E-state index is 5.38. The zero-order valence-electron chi connectivity index (χ0n) is 20.4. The van der Waals surface area contributed by atoms with Crippen LogP contribution in [0.15, 0.2) is 122 Å². The first-order valence-electron chi connectivity index (χ1n) is 12.2. The zero-order chi connectivity index (χ0) is 25.1. The lowest BCUT2D eigenvalue weighted by molar-refractivity contribution is 0.415. The average molecular weight is 503 g/mol. The molecule has 0 aliphatic rings. The van der Waals surface area contributed by atoms with E-state index >= 15 is 0 Å². The normalized spacial score (nSPS) is 11.5. The van der Waals surface area contributed by atoms with E-state index in [9.17, 15) is 0 Å². The molecule has 5 nitrogen and oxygen atoms in total. The van der Waals surface area contributed by atoms with Gasteiger partial charge in [0.1, 0.15) is 11.3 Å². The van der Waals surface area contributed by atoms with E-state index in [-0.39, 0.29) is 0 Å². The van der Waals surface area contributed by atoms with E-state index in [0.717, 1.165) is 26.8 Å². The summed E-state index contributed by atoms with van der Waals surface area (Å²) in [6.07, 6.45) is 3.88. The van der Waals surface area contributed by atoms with Crippen molar-refractivity contribution in [3.63, 3.8) is 0 Å². The first-order valence-corrected chi connectivity index (χ1v) is 13.0. The molecule has 0 bridgehead atoms. The molecule has 0 saturated heterocycles. The summed E-state index contributed by atoms with van der Waals surface area (Å²) in [7, 11) is 1.68. The quantitative estimate of drug-likeness (QED) is 0.229. The summed E-state index contributed by atoms with van der Waals surface area (Å²) < 4.78 is 8.75. The van der Waals surface area contributed by atoms with Gasteiger partial charge in [0, 0.05) is 6.20 Å². The van der Waals surface area contributed by atoms with Crippen LogP contribution in [-0.2, 0) is 12.1 Å². The molecule has 0 atom stereocenters. The second kappa shape index (κ2) is 9.91. The SMILES string of the molecule is COc1ccc2nc(NCc3cncn3C(c3ccccc3)(c3ccccc3)c3ccccc3)sc2c1. The van der Waals surface area contributed by atoms with Gasteiger partial charge >= 0.3 is 0 Å². The van der Waals surface area contributed by atoms with Crippen molar-refractivity contribution < 1.29 is 4.74 Å². The maximum atomic E-state index is 5.38. The van der Waals surface area contributed by atoms with Crippen molar-refractivity contribution in [1.29, 1.82) is 0 Å². The molecule has 1 N–H and O–H groups in total. The fourth-order valence-corrected chi connectivity index (χ4v) is 5.87. The molecule has 0 spiro atoms. The fraction of sp³-hybridized carbons (Fsp3) is 0.0968. The smallest absolute Gasteiger partial charge is 0.184 e. The predicted molar refractivity (Wildman–Crippen MR) is 150 cm³/mol. The number of fused-ring (bicyclic) bond motifs is 1. The molecule has 6 heteroatoms. The molecular weight excluding hydrogens is 476 g/mol. The Bertz CT molecular complexity index is 1510. The lowest BCUT2D eigenvalue weighted by atomic mass is 9.76. The maximum Gasteiger partial charge on any atom is 0.184 e. The van der Waals surface area contributed by atoms with Gasteiger partial charge in [0.2, 0.25) is 0 Å². The second-order valence-corrected chi connectivity index (χ2v) is 9.80. The van der Waals surface area contributed by atoms with Crippen LogP contribution in [0.3, 0.4) is 0 Å². The van der Waals surface area contributed by atoms with Gasteiger partial charge in [-0.25, -0.2) is 9.97 Å². The Kier molecular flexibility index (Phi) is 6.16. The van der Waals surface area contributed by atoms with Crippen LogP contribution in [0.25, 0.3) is 10.2 Å². The van der Waals surface area contributed by atoms with Crippen molar-refractivity contribution in [2.75, 3.05) is 12.4 Å². The third kappa shape index (κ3) is 4.15. The number of thiazole rings is 1. The number of imidazole rings is 1. The molecule has 4 aromatic carbocycles. The first kappa shape index (κ1) is 23.0. The minimum atomic E-state index is -0.599. The molecule has 2 aromatic heterocycles. The van der Waals surface area contributed by atoms with E-state index < -0.39 is 5.54 Å². The van der Waals surface area contributed by atoms with Gasteiger partial charge in [0.05, 0.1) is 35.9 Å². The number of ether oxygens (including phenoxy) is 1. The zero-order valence-corrected chi connectivity index (χ0v) is 21.2. The molecule has 0 fully saturated rings. The lowest BCUT2D eigenvalue weighted by Crippen LogP contribution is -2.38. The molecule has 6 aromatic rings. The first-order chi connectivity index (χ1) is 18.3. The van der Waals surface area contributed by atoms with Crippen molar-refractivity contribution >= 4 is 26.7 Å². The van der Waals surface area contributed by atoms with Gasteiger partial charge < -0.3 is 14.6 Å². The number of anilines is 1. The van der Waals surface area contributed by atoms with E-state index in [1.54, 1.807) is 18.4 Å². The lowest BCUT2D eigenvalue weighted by Gasteiger charge is -2.38. The molecule has 182 valence electrons. The highest BCUT2D eigenvalue weighted by Gasteiger charge is 2.39. The Morgan fingerprint density at radius 1 is 0.811 bits per heavy atom. The van der Waals surface area contributed by atoms with Gasteiger partial charge in [0.15, 0.2) is 5.13 Å². The standard InChI is InChI=1S/C31H26N4OS/c1-36-27-17-18-28-29(19-27)37-30(34-28)33-21-26-20-32-22-35(26)31(23-11-5-2-6-12-23,24-13-7-3-8-14-24)25-15-9-4-10-16-25/h2-20,22H,21H2,1H3,(H,33,34). The van der Waals surface area contributed by atoms with Crippen LogP contribution >= 0.6 is 11.3 Å². The van der Waals surface area contributed by atoms with Crippen LogP contribution in [0.1, 0.15) is 22.4 Å². The van der Waals surface area contributed by atoms with Gasteiger partial charge in [-0.15, -0.1) is 0 Å². The summed E-state index contributed by atoms with van der Waals surface area (Å²) in [4.78, 5) is 9.41. The Balaban J connectivity index is 1.47. The number of aromatic nitrogens is 3. The topological polar surface area (TPSA) is 52.0 Å². The number of nitrogens with one attached hydrogen (secondary N) is 1. The van der Waals surface area contributed by atoms with E-state index in [1.807, 2.05) is 30.7 Å². The summed E-state index contributed by atoms with van der Waals surface area (Å²) in [5.74, 6) is 0.833. The van der Waals surface area contributed by atoms with Gasteiger partial charge in [-0.1, -0.05) is 102 Å². The van der Waals surface area contributed by atoms with Crippen LogP contribution in [0, 0.1) is 0 Å².